The SMILES string of the molecule is CNC(C(=O)O)c1c(C)sc2ccccc12. The van der Waals surface area contributed by atoms with Crippen LogP contribution in [0.25, 0.3) is 10.1 Å². The van der Waals surface area contributed by atoms with Gasteiger partial charge in [-0.05, 0) is 25.4 Å². The van der Waals surface area contributed by atoms with Gasteiger partial charge >= 0.3 is 5.97 Å². The van der Waals surface area contributed by atoms with E-state index in [4.69, 9.17) is 0 Å². The minimum Gasteiger partial charge on any atom is -0.480 e. The van der Waals surface area contributed by atoms with E-state index in [0.29, 0.717) is 0 Å². The molecule has 16 heavy (non-hydrogen) atoms. The third-order valence-electron chi connectivity index (χ3n) is 2.64. The van der Waals surface area contributed by atoms with Crippen LogP contribution in [0.2, 0.25) is 0 Å². The lowest BCUT2D eigenvalue weighted by Gasteiger charge is -2.11. The number of rotatable bonds is 3. The molecule has 4 heteroatoms. The molecule has 0 bridgehead atoms. The molecule has 1 aromatic carbocycles. The van der Waals surface area contributed by atoms with Crippen molar-refractivity contribution in [3.05, 3.63) is 34.7 Å². The highest BCUT2D eigenvalue weighted by atomic mass is 32.1. The Bertz CT molecular complexity index is 533. The van der Waals surface area contributed by atoms with Gasteiger partial charge in [0.05, 0.1) is 0 Å². The maximum Gasteiger partial charge on any atom is 0.325 e. The maximum absolute atomic E-state index is 11.2. The number of aryl methyl sites for hydroxylation is 1. The Labute approximate surface area is 97.7 Å². The molecule has 0 spiro atoms. The fourth-order valence-electron chi connectivity index (χ4n) is 1.94. The minimum absolute atomic E-state index is 0.629. The molecule has 0 radical (unpaired) electrons. The third kappa shape index (κ3) is 1.70. The topological polar surface area (TPSA) is 49.3 Å². The molecule has 3 nitrogen and oxygen atoms in total. The Morgan fingerprint density at radius 1 is 1.44 bits per heavy atom. The lowest BCUT2D eigenvalue weighted by molar-refractivity contribution is -0.139. The number of carboxylic acid groups (broad SMARTS) is 1. The Morgan fingerprint density at radius 2 is 2.12 bits per heavy atom. The summed E-state index contributed by atoms with van der Waals surface area (Å²) in [5, 5.41) is 13.0. The van der Waals surface area contributed by atoms with Gasteiger partial charge in [0.25, 0.3) is 0 Å². The van der Waals surface area contributed by atoms with Crippen LogP contribution in [0.1, 0.15) is 16.5 Å². The van der Waals surface area contributed by atoms with Gasteiger partial charge in [-0.1, -0.05) is 18.2 Å². The van der Waals surface area contributed by atoms with Gasteiger partial charge < -0.3 is 10.4 Å². The average molecular weight is 235 g/mol. The first kappa shape index (κ1) is 11.1. The molecule has 0 saturated carbocycles. The molecular weight excluding hydrogens is 222 g/mol. The smallest absolute Gasteiger partial charge is 0.325 e. The molecule has 0 aliphatic carbocycles. The van der Waals surface area contributed by atoms with Gasteiger partial charge in [0.2, 0.25) is 0 Å². The summed E-state index contributed by atoms with van der Waals surface area (Å²) in [6, 6.07) is 7.27. The second-order valence-electron chi connectivity index (χ2n) is 3.63. The van der Waals surface area contributed by atoms with Crippen molar-refractivity contribution in [2.45, 2.75) is 13.0 Å². The van der Waals surface area contributed by atoms with Gasteiger partial charge in [0.15, 0.2) is 0 Å². The van der Waals surface area contributed by atoms with E-state index in [2.05, 4.69) is 5.32 Å². The molecule has 84 valence electrons. The van der Waals surface area contributed by atoms with E-state index in [1.165, 1.54) is 0 Å². The molecule has 0 amide bonds. The zero-order valence-electron chi connectivity index (χ0n) is 9.15. The van der Waals surface area contributed by atoms with Crippen LogP contribution in [0.5, 0.6) is 0 Å². The molecule has 0 aliphatic rings. The average Bonchev–Trinajstić information content (AvgIpc) is 2.57. The Hall–Kier alpha value is -1.39. The molecule has 0 aliphatic heterocycles. The molecular formula is C12H13NO2S. The first-order chi connectivity index (χ1) is 7.65. The number of carbonyl (C=O) groups is 1. The third-order valence-corrected chi connectivity index (χ3v) is 3.75. The van der Waals surface area contributed by atoms with Crippen LogP contribution in [0.4, 0.5) is 0 Å². The van der Waals surface area contributed by atoms with E-state index >= 15 is 0 Å². The largest absolute Gasteiger partial charge is 0.480 e. The summed E-state index contributed by atoms with van der Waals surface area (Å²) >= 11 is 1.64. The normalized spacial score (nSPS) is 12.9. The highest BCUT2D eigenvalue weighted by Crippen LogP contribution is 2.34. The maximum atomic E-state index is 11.2. The highest BCUT2D eigenvalue weighted by molar-refractivity contribution is 7.19. The first-order valence-electron chi connectivity index (χ1n) is 5.03. The van der Waals surface area contributed by atoms with E-state index < -0.39 is 12.0 Å². The lowest BCUT2D eigenvalue weighted by atomic mass is 10.0. The Morgan fingerprint density at radius 3 is 2.75 bits per heavy atom. The van der Waals surface area contributed by atoms with Crippen molar-refractivity contribution < 1.29 is 9.90 Å². The standard InChI is InChI=1S/C12H13NO2S/c1-7-10(11(13-2)12(14)15)8-5-3-4-6-9(8)16-7/h3-6,11,13H,1-2H3,(H,14,15). The molecule has 2 aromatic rings. The molecule has 1 aromatic heterocycles. The van der Waals surface area contributed by atoms with Crippen molar-refractivity contribution in [1.82, 2.24) is 5.32 Å². The molecule has 1 atom stereocenters. The van der Waals surface area contributed by atoms with Gasteiger partial charge in [-0.3, -0.25) is 4.79 Å². The molecule has 0 fully saturated rings. The quantitative estimate of drug-likeness (QED) is 0.859. The lowest BCUT2D eigenvalue weighted by Crippen LogP contribution is -2.25. The summed E-state index contributed by atoms with van der Waals surface area (Å²) in [4.78, 5) is 12.2. The van der Waals surface area contributed by atoms with Crippen molar-refractivity contribution >= 4 is 27.4 Å². The molecule has 2 N–H and O–H groups in total. The van der Waals surface area contributed by atoms with E-state index in [1.807, 2.05) is 31.2 Å². The second kappa shape index (κ2) is 4.23. The van der Waals surface area contributed by atoms with Crippen LogP contribution in [-0.4, -0.2) is 18.1 Å². The van der Waals surface area contributed by atoms with Crippen molar-refractivity contribution in [1.29, 1.82) is 0 Å². The summed E-state index contributed by atoms with van der Waals surface area (Å²) in [5.74, 6) is -0.839. The number of likely N-dealkylation sites (N-methyl/N-ethyl adjacent to an activating group) is 1. The second-order valence-corrected chi connectivity index (χ2v) is 4.88. The summed E-state index contributed by atoms with van der Waals surface area (Å²) < 4.78 is 1.14. The van der Waals surface area contributed by atoms with Crippen molar-refractivity contribution in [2.24, 2.45) is 0 Å². The zero-order valence-corrected chi connectivity index (χ0v) is 9.97. The predicted octanol–water partition coefficient (Wildman–Crippen LogP) is 2.55. The number of aliphatic carboxylic acids is 1. The monoisotopic (exact) mass is 235 g/mol. The number of fused-ring (bicyclic) bond motifs is 1. The predicted molar refractivity (Wildman–Crippen MR) is 66.0 cm³/mol. The fourth-order valence-corrected chi connectivity index (χ4v) is 3.04. The van der Waals surface area contributed by atoms with Crippen LogP contribution < -0.4 is 5.32 Å². The van der Waals surface area contributed by atoms with Gasteiger partial charge in [-0.25, -0.2) is 0 Å². The van der Waals surface area contributed by atoms with Crippen LogP contribution >= 0.6 is 11.3 Å². The Kier molecular flexibility index (Phi) is 2.94. The highest BCUT2D eigenvalue weighted by Gasteiger charge is 2.23. The summed E-state index contributed by atoms with van der Waals surface area (Å²) in [5.41, 5.74) is 0.885. The van der Waals surface area contributed by atoms with Gasteiger partial charge in [-0.2, -0.15) is 0 Å². The van der Waals surface area contributed by atoms with E-state index in [1.54, 1.807) is 18.4 Å². The van der Waals surface area contributed by atoms with E-state index in [9.17, 15) is 9.90 Å². The van der Waals surface area contributed by atoms with E-state index in [0.717, 1.165) is 20.5 Å². The summed E-state index contributed by atoms with van der Waals surface area (Å²) in [6.07, 6.45) is 0. The van der Waals surface area contributed by atoms with Crippen molar-refractivity contribution in [3.8, 4) is 0 Å². The molecule has 1 unspecified atom stereocenters. The van der Waals surface area contributed by atoms with Crippen LogP contribution in [0, 0.1) is 6.92 Å². The van der Waals surface area contributed by atoms with Crippen molar-refractivity contribution in [2.75, 3.05) is 7.05 Å². The van der Waals surface area contributed by atoms with E-state index in [-0.39, 0.29) is 0 Å². The minimum atomic E-state index is -0.839. The van der Waals surface area contributed by atoms with Crippen LogP contribution in [0.15, 0.2) is 24.3 Å². The molecule has 2 rings (SSSR count). The van der Waals surface area contributed by atoms with Gasteiger partial charge in [0.1, 0.15) is 6.04 Å². The van der Waals surface area contributed by atoms with Gasteiger partial charge in [-0.15, -0.1) is 11.3 Å². The first-order valence-corrected chi connectivity index (χ1v) is 5.85. The summed E-state index contributed by atoms with van der Waals surface area (Å²) in [6.45, 7) is 1.97. The Balaban J connectivity index is 2.66. The number of carboxylic acids is 1. The number of nitrogens with one attached hydrogen (secondary N) is 1. The van der Waals surface area contributed by atoms with Crippen LogP contribution in [-0.2, 0) is 4.79 Å². The fraction of sp³-hybridized carbons (Fsp3) is 0.250. The van der Waals surface area contributed by atoms with Crippen molar-refractivity contribution in [3.63, 3.8) is 0 Å². The number of hydrogen-bond donors (Lipinski definition) is 2. The molecule has 1 heterocycles. The number of benzene rings is 1. The number of hydrogen-bond acceptors (Lipinski definition) is 3. The number of thiophene rings is 1. The molecule has 0 saturated heterocycles. The zero-order chi connectivity index (χ0) is 11.7. The van der Waals surface area contributed by atoms with Crippen LogP contribution in [0.3, 0.4) is 0 Å². The summed E-state index contributed by atoms with van der Waals surface area (Å²) in [7, 11) is 1.67. The van der Waals surface area contributed by atoms with Gasteiger partial charge in [0, 0.05) is 15.1 Å².